The zero-order chi connectivity index (χ0) is 11.1. The van der Waals surface area contributed by atoms with Crippen LogP contribution in [0.2, 0.25) is 13.1 Å². The molecular formula is C11H15NO2Si. The van der Waals surface area contributed by atoms with E-state index in [1.54, 1.807) is 0 Å². The second kappa shape index (κ2) is 3.38. The Balaban J connectivity index is 2.40. The minimum Gasteiger partial charge on any atom is -0.498 e. The molecule has 0 aliphatic carbocycles. The van der Waals surface area contributed by atoms with Crippen LogP contribution in [-0.4, -0.2) is 20.5 Å². The molecule has 1 aliphatic heterocycles. The smallest absolute Gasteiger partial charge is 0.358 e. The molecule has 0 spiro atoms. The number of carbonyl (C=O) groups excluding carboxylic acids is 1. The molecule has 0 radical (unpaired) electrons. The average molecular weight is 221 g/mol. The van der Waals surface area contributed by atoms with Crippen molar-refractivity contribution in [1.82, 2.24) is 0 Å². The molecule has 4 heteroatoms. The van der Waals surface area contributed by atoms with E-state index in [1.165, 1.54) is 0 Å². The lowest BCUT2D eigenvalue weighted by Gasteiger charge is -2.30. The first-order chi connectivity index (χ1) is 7.02. The normalized spacial score (nSPS) is 24.1. The first kappa shape index (κ1) is 10.2. The van der Waals surface area contributed by atoms with Gasteiger partial charge in [-0.05, 0) is 32.2 Å². The molecule has 1 fully saturated rings. The number of nitrogens with zero attached hydrogens (tertiary/aromatic N) is 1. The quantitative estimate of drug-likeness (QED) is 0.680. The van der Waals surface area contributed by atoms with Crippen molar-refractivity contribution in [2.45, 2.75) is 26.1 Å². The van der Waals surface area contributed by atoms with Crippen LogP contribution in [0.3, 0.4) is 0 Å². The van der Waals surface area contributed by atoms with Gasteiger partial charge < -0.3 is 8.99 Å². The maximum Gasteiger partial charge on any atom is 0.358 e. The molecule has 1 aliphatic rings. The largest absolute Gasteiger partial charge is 0.498 e. The number of rotatable bonds is 1. The highest BCUT2D eigenvalue weighted by Crippen LogP contribution is 2.30. The Labute approximate surface area is 90.9 Å². The standard InChI is InChI=1S/C11H15NO2Si/c1-9-11(13)14-15(2,3)12(9)10-7-5-4-6-8-10/h4-9H,1-3H3. The Morgan fingerprint density at radius 1 is 1.27 bits per heavy atom. The fourth-order valence-electron chi connectivity index (χ4n) is 2.08. The molecule has 2 rings (SSSR count). The van der Waals surface area contributed by atoms with Crippen LogP contribution in [0, 0.1) is 0 Å². The maximum atomic E-state index is 11.5. The van der Waals surface area contributed by atoms with Gasteiger partial charge >= 0.3 is 14.4 Å². The number of para-hydroxylation sites is 1. The van der Waals surface area contributed by atoms with Gasteiger partial charge in [-0.1, -0.05) is 18.2 Å². The average Bonchev–Trinajstić information content (AvgIpc) is 2.37. The third kappa shape index (κ3) is 1.65. The van der Waals surface area contributed by atoms with E-state index >= 15 is 0 Å². The molecule has 0 N–H and O–H groups in total. The number of carbonyl (C=O) groups is 1. The summed E-state index contributed by atoms with van der Waals surface area (Å²) in [5.74, 6) is -0.101. The van der Waals surface area contributed by atoms with E-state index in [0.29, 0.717) is 0 Å². The Bertz CT molecular complexity index is 377. The van der Waals surface area contributed by atoms with E-state index in [0.717, 1.165) is 5.69 Å². The number of benzene rings is 1. The Hall–Kier alpha value is -1.29. The van der Waals surface area contributed by atoms with Gasteiger partial charge in [-0.15, -0.1) is 0 Å². The molecule has 3 nitrogen and oxygen atoms in total. The number of hydrogen-bond donors (Lipinski definition) is 0. The molecule has 0 aromatic heterocycles. The van der Waals surface area contributed by atoms with Gasteiger partial charge in [0.05, 0.1) is 0 Å². The summed E-state index contributed by atoms with van der Waals surface area (Å²) in [7, 11) is -2.05. The minimum absolute atomic E-state index is 0.101. The van der Waals surface area contributed by atoms with Crippen molar-refractivity contribution in [2.24, 2.45) is 0 Å². The first-order valence-corrected chi connectivity index (χ1v) is 7.95. The van der Waals surface area contributed by atoms with Gasteiger partial charge in [0, 0.05) is 5.69 Å². The summed E-state index contributed by atoms with van der Waals surface area (Å²) in [6.07, 6.45) is 0. The zero-order valence-electron chi connectivity index (χ0n) is 9.23. The Morgan fingerprint density at radius 2 is 1.87 bits per heavy atom. The number of hydrogen-bond acceptors (Lipinski definition) is 3. The molecule has 80 valence electrons. The van der Waals surface area contributed by atoms with E-state index in [1.807, 2.05) is 50.3 Å². The van der Waals surface area contributed by atoms with E-state index in [4.69, 9.17) is 4.43 Å². The van der Waals surface area contributed by atoms with Crippen LogP contribution in [-0.2, 0) is 9.22 Å². The summed E-state index contributed by atoms with van der Waals surface area (Å²) in [5.41, 5.74) is 1.08. The third-order valence-corrected chi connectivity index (χ3v) is 5.20. The summed E-state index contributed by atoms with van der Waals surface area (Å²) < 4.78 is 7.59. The van der Waals surface area contributed by atoms with Crippen molar-refractivity contribution < 1.29 is 9.22 Å². The van der Waals surface area contributed by atoms with E-state index < -0.39 is 8.48 Å². The van der Waals surface area contributed by atoms with Gasteiger partial charge in [-0.2, -0.15) is 0 Å². The van der Waals surface area contributed by atoms with Crippen molar-refractivity contribution in [3.05, 3.63) is 30.3 Å². The van der Waals surface area contributed by atoms with Crippen LogP contribution in [0.15, 0.2) is 30.3 Å². The number of anilines is 1. The zero-order valence-corrected chi connectivity index (χ0v) is 10.2. The molecule has 0 amide bonds. The third-order valence-electron chi connectivity index (χ3n) is 2.69. The predicted molar refractivity (Wildman–Crippen MR) is 62.0 cm³/mol. The molecule has 0 saturated carbocycles. The highest BCUT2D eigenvalue weighted by atomic mass is 28.4. The molecular weight excluding hydrogens is 206 g/mol. The molecule has 1 atom stereocenters. The molecule has 1 saturated heterocycles. The topological polar surface area (TPSA) is 29.5 Å². The lowest BCUT2D eigenvalue weighted by atomic mass is 10.3. The van der Waals surface area contributed by atoms with Crippen molar-refractivity contribution in [3.63, 3.8) is 0 Å². The second-order valence-electron chi connectivity index (χ2n) is 4.25. The fraction of sp³-hybridized carbons (Fsp3) is 0.364. The van der Waals surface area contributed by atoms with Gasteiger partial charge in [0.2, 0.25) is 0 Å². The van der Waals surface area contributed by atoms with Crippen molar-refractivity contribution >= 4 is 20.1 Å². The van der Waals surface area contributed by atoms with Gasteiger partial charge in [-0.3, -0.25) is 4.79 Å². The van der Waals surface area contributed by atoms with E-state index in [-0.39, 0.29) is 12.0 Å². The summed E-state index contributed by atoms with van der Waals surface area (Å²) in [6, 6.07) is 9.82. The van der Waals surface area contributed by atoms with Crippen molar-refractivity contribution in [3.8, 4) is 0 Å². The molecule has 1 aromatic rings. The summed E-state index contributed by atoms with van der Waals surface area (Å²) in [5, 5.41) is 0. The lowest BCUT2D eigenvalue weighted by molar-refractivity contribution is -0.133. The summed E-state index contributed by atoms with van der Waals surface area (Å²) in [6.45, 7) is 5.99. The first-order valence-electron chi connectivity index (χ1n) is 5.09. The predicted octanol–water partition coefficient (Wildman–Crippen LogP) is 2.14. The van der Waals surface area contributed by atoms with Crippen molar-refractivity contribution in [1.29, 1.82) is 0 Å². The van der Waals surface area contributed by atoms with Crippen molar-refractivity contribution in [2.75, 3.05) is 4.57 Å². The SMILES string of the molecule is CC1C(=O)O[Si](C)(C)N1c1ccccc1. The highest BCUT2D eigenvalue weighted by molar-refractivity contribution is 6.78. The van der Waals surface area contributed by atoms with Crippen LogP contribution in [0.5, 0.6) is 0 Å². The van der Waals surface area contributed by atoms with Crippen LogP contribution in [0.1, 0.15) is 6.92 Å². The molecule has 1 unspecified atom stereocenters. The fourth-order valence-corrected chi connectivity index (χ4v) is 4.65. The molecule has 1 aromatic carbocycles. The van der Waals surface area contributed by atoms with E-state index in [2.05, 4.69) is 4.57 Å². The monoisotopic (exact) mass is 221 g/mol. The van der Waals surface area contributed by atoms with Crippen LogP contribution in [0.25, 0.3) is 0 Å². The van der Waals surface area contributed by atoms with Gasteiger partial charge in [0.15, 0.2) is 0 Å². The van der Waals surface area contributed by atoms with Crippen LogP contribution >= 0.6 is 0 Å². The second-order valence-corrected chi connectivity index (χ2v) is 7.83. The molecule has 15 heavy (non-hydrogen) atoms. The lowest BCUT2D eigenvalue weighted by Crippen LogP contribution is -2.47. The Kier molecular flexibility index (Phi) is 2.30. The summed E-state index contributed by atoms with van der Waals surface area (Å²) >= 11 is 0. The Morgan fingerprint density at radius 3 is 2.33 bits per heavy atom. The maximum absolute atomic E-state index is 11.5. The van der Waals surface area contributed by atoms with Crippen LogP contribution < -0.4 is 4.57 Å². The van der Waals surface area contributed by atoms with Crippen LogP contribution in [0.4, 0.5) is 5.69 Å². The van der Waals surface area contributed by atoms with Gasteiger partial charge in [0.25, 0.3) is 0 Å². The highest BCUT2D eigenvalue weighted by Gasteiger charge is 2.48. The molecule has 0 bridgehead atoms. The molecule has 1 heterocycles. The van der Waals surface area contributed by atoms with Gasteiger partial charge in [0.1, 0.15) is 6.04 Å². The summed E-state index contributed by atoms with van der Waals surface area (Å²) in [4.78, 5) is 11.5. The van der Waals surface area contributed by atoms with E-state index in [9.17, 15) is 4.79 Å². The minimum atomic E-state index is -2.05. The van der Waals surface area contributed by atoms with Gasteiger partial charge in [-0.25, -0.2) is 0 Å².